The highest BCUT2D eigenvalue weighted by Crippen LogP contribution is 2.28. The zero-order valence-electron chi connectivity index (χ0n) is 18.7. The molecule has 0 aliphatic heterocycles. The van der Waals surface area contributed by atoms with E-state index in [4.69, 9.17) is 11.6 Å². The number of fused-ring (bicyclic) bond motifs is 4. The van der Waals surface area contributed by atoms with Crippen molar-refractivity contribution in [1.82, 2.24) is 28.8 Å². The topological polar surface area (TPSA) is 80.4 Å². The van der Waals surface area contributed by atoms with Crippen LogP contribution in [0.3, 0.4) is 0 Å². The fourth-order valence-electron chi connectivity index (χ4n) is 4.62. The van der Waals surface area contributed by atoms with Gasteiger partial charge in [-0.1, -0.05) is 29.8 Å². The van der Waals surface area contributed by atoms with E-state index in [1.165, 1.54) is 15.7 Å². The number of hydrogen-bond donors (Lipinski definition) is 1. The molecular formula is C25H22ClN7O. The van der Waals surface area contributed by atoms with Crippen LogP contribution in [0.2, 0.25) is 5.02 Å². The predicted octanol–water partition coefficient (Wildman–Crippen LogP) is 3.85. The Morgan fingerprint density at radius 2 is 1.91 bits per heavy atom. The second kappa shape index (κ2) is 7.93. The fraction of sp³-hybridized carbons (Fsp3) is 0.200. The van der Waals surface area contributed by atoms with Crippen LogP contribution in [0.5, 0.6) is 0 Å². The Morgan fingerprint density at radius 3 is 2.74 bits per heavy atom. The molecule has 34 heavy (non-hydrogen) atoms. The molecule has 0 spiro atoms. The minimum absolute atomic E-state index is 0.277. The van der Waals surface area contributed by atoms with Crippen LogP contribution in [0, 0.1) is 0 Å². The standard InChI is InChI=1S/C25H22ClN7O/c1-31(2)18-12-15-7-8-17(11-16(15)13-18)29-24-28-14-19-22(30-24)32-10-9-27-25(32)33(23(19)34)21-6-4-3-5-20(21)26/h3-11,14,18H,12-13H2,1-2H3,(H,28,29,30). The number of nitrogens with one attached hydrogen (secondary N) is 1. The van der Waals surface area contributed by atoms with Gasteiger partial charge in [-0.15, -0.1) is 0 Å². The molecule has 0 bridgehead atoms. The summed E-state index contributed by atoms with van der Waals surface area (Å²) < 4.78 is 3.26. The third kappa shape index (κ3) is 3.34. The molecule has 0 radical (unpaired) electrons. The highest BCUT2D eigenvalue weighted by Gasteiger charge is 2.23. The van der Waals surface area contributed by atoms with Crippen LogP contribution >= 0.6 is 11.6 Å². The summed E-state index contributed by atoms with van der Waals surface area (Å²) in [7, 11) is 4.24. The minimum atomic E-state index is -0.277. The summed E-state index contributed by atoms with van der Waals surface area (Å²) in [5.41, 5.74) is 4.40. The van der Waals surface area contributed by atoms with Gasteiger partial charge in [-0.05, 0) is 62.3 Å². The summed E-state index contributed by atoms with van der Waals surface area (Å²) in [5, 5.41) is 4.14. The lowest BCUT2D eigenvalue weighted by Crippen LogP contribution is -2.27. The fourth-order valence-corrected chi connectivity index (χ4v) is 4.84. The number of nitrogens with zero attached hydrogens (tertiary/aromatic N) is 6. The van der Waals surface area contributed by atoms with E-state index in [1.807, 2.05) is 18.2 Å². The van der Waals surface area contributed by atoms with Gasteiger partial charge in [0.05, 0.1) is 10.7 Å². The van der Waals surface area contributed by atoms with Crippen molar-refractivity contribution in [3.63, 3.8) is 0 Å². The van der Waals surface area contributed by atoms with Crippen LogP contribution in [-0.4, -0.2) is 49.0 Å². The number of imidazole rings is 1. The van der Waals surface area contributed by atoms with Gasteiger partial charge in [0.25, 0.3) is 5.56 Å². The maximum absolute atomic E-state index is 13.4. The molecule has 0 amide bonds. The Labute approximate surface area is 200 Å². The molecule has 6 rings (SSSR count). The van der Waals surface area contributed by atoms with Gasteiger partial charge in [-0.3, -0.25) is 9.20 Å². The first-order valence-corrected chi connectivity index (χ1v) is 11.4. The molecule has 8 nitrogen and oxygen atoms in total. The molecule has 0 saturated heterocycles. The van der Waals surface area contributed by atoms with E-state index in [0.29, 0.717) is 39.5 Å². The molecule has 9 heteroatoms. The second-order valence-corrected chi connectivity index (χ2v) is 9.16. The molecule has 3 heterocycles. The Hall–Kier alpha value is -3.75. The summed E-state index contributed by atoms with van der Waals surface area (Å²) in [6, 6.07) is 14.1. The van der Waals surface area contributed by atoms with Crippen LogP contribution in [0.15, 0.2) is 65.8 Å². The van der Waals surface area contributed by atoms with E-state index in [-0.39, 0.29) is 5.56 Å². The van der Waals surface area contributed by atoms with Crippen LogP contribution in [0.25, 0.3) is 22.5 Å². The van der Waals surface area contributed by atoms with Gasteiger partial charge in [0, 0.05) is 30.3 Å². The molecule has 170 valence electrons. The van der Waals surface area contributed by atoms with E-state index in [9.17, 15) is 4.79 Å². The lowest BCUT2D eigenvalue weighted by atomic mass is 10.1. The summed E-state index contributed by atoms with van der Waals surface area (Å²) >= 11 is 6.39. The lowest BCUT2D eigenvalue weighted by Gasteiger charge is -2.17. The van der Waals surface area contributed by atoms with Crippen molar-refractivity contribution in [3.8, 4) is 5.69 Å². The number of rotatable bonds is 4. The summed E-state index contributed by atoms with van der Waals surface area (Å²) in [6.07, 6.45) is 7.05. The lowest BCUT2D eigenvalue weighted by molar-refractivity contribution is 0.303. The third-order valence-electron chi connectivity index (χ3n) is 6.45. The summed E-state index contributed by atoms with van der Waals surface area (Å²) in [5.74, 6) is 0.849. The molecule has 1 N–H and O–H groups in total. The average molecular weight is 472 g/mol. The largest absolute Gasteiger partial charge is 0.324 e. The van der Waals surface area contributed by atoms with Crippen LogP contribution in [-0.2, 0) is 12.8 Å². The maximum atomic E-state index is 13.4. The molecule has 5 aromatic rings. The van der Waals surface area contributed by atoms with Gasteiger partial charge >= 0.3 is 0 Å². The number of likely N-dealkylation sites (N-methyl/N-ethyl adjacent to an activating group) is 1. The minimum Gasteiger partial charge on any atom is -0.324 e. The second-order valence-electron chi connectivity index (χ2n) is 8.75. The van der Waals surface area contributed by atoms with Crippen molar-refractivity contribution < 1.29 is 0 Å². The zero-order valence-corrected chi connectivity index (χ0v) is 19.5. The molecule has 1 unspecified atom stereocenters. The first-order valence-electron chi connectivity index (χ1n) is 11.0. The Bertz CT molecular complexity index is 1620. The normalized spacial score (nSPS) is 15.4. The number of aromatic nitrogens is 5. The van der Waals surface area contributed by atoms with Gasteiger partial charge in [0.15, 0.2) is 5.65 Å². The molecule has 1 aliphatic rings. The van der Waals surface area contributed by atoms with Gasteiger partial charge in [0.2, 0.25) is 11.7 Å². The van der Waals surface area contributed by atoms with E-state index in [2.05, 4.69) is 51.4 Å². The quantitative estimate of drug-likeness (QED) is 0.429. The number of hydrogen-bond acceptors (Lipinski definition) is 6. The molecule has 1 aliphatic carbocycles. The van der Waals surface area contributed by atoms with E-state index >= 15 is 0 Å². The highest BCUT2D eigenvalue weighted by atomic mass is 35.5. The Balaban J connectivity index is 1.42. The summed E-state index contributed by atoms with van der Waals surface area (Å²) in [4.78, 5) is 29.2. The smallest absolute Gasteiger partial charge is 0.270 e. The molecule has 3 aromatic heterocycles. The predicted molar refractivity (Wildman–Crippen MR) is 134 cm³/mol. The van der Waals surface area contributed by atoms with Gasteiger partial charge in [0.1, 0.15) is 5.39 Å². The number of halogens is 1. The number of para-hydroxylation sites is 1. The molecule has 0 saturated carbocycles. The molecular weight excluding hydrogens is 450 g/mol. The van der Waals surface area contributed by atoms with Gasteiger partial charge in [-0.25, -0.2) is 14.5 Å². The van der Waals surface area contributed by atoms with Crippen molar-refractivity contribution in [2.75, 3.05) is 19.4 Å². The maximum Gasteiger partial charge on any atom is 0.270 e. The van der Waals surface area contributed by atoms with Crippen LogP contribution in [0.4, 0.5) is 11.6 Å². The Kier molecular flexibility index (Phi) is 4.86. The average Bonchev–Trinajstić information content (AvgIpc) is 3.48. The first kappa shape index (κ1) is 20.8. The zero-order chi connectivity index (χ0) is 23.4. The van der Waals surface area contributed by atoms with Crippen molar-refractivity contribution in [2.24, 2.45) is 0 Å². The summed E-state index contributed by atoms with van der Waals surface area (Å²) in [6.45, 7) is 0. The monoisotopic (exact) mass is 471 g/mol. The molecule has 2 aromatic carbocycles. The van der Waals surface area contributed by atoms with Crippen molar-refractivity contribution in [2.45, 2.75) is 18.9 Å². The highest BCUT2D eigenvalue weighted by molar-refractivity contribution is 6.32. The molecule has 1 atom stereocenters. The van der Waals surface area contributed by atoms with Crippen LogP contribution < -0.4 is 10.9 Å². The molecule has 0 fully saturated rings. The van der Waals surface area contributed by atoms with Crippen molar-refractivity contribution in [3.05, 3.63) is 87.6 Å². The van der Waals surface area contributed by atoms with Crippen molar-refractivity contribution in [1.29, 1.82) is 0 Å². The Morgan fingerprint density at radius 1 is 1.09 bits per heavy atom. The number of anilines is 2. The van der Waals surface area contributed by atoms with Gasteiger partial charge < -0.3 is 10.2 Å². The van der Waals surface area contributed by atoms with Gasteiger partial charge in [-0.2, -0.15) is 4.98 Å². The van der Waals surface area contributed by atoms with E-state index in [0.717, 1.165) is 18.5 Å². The van der Waals surface area contributed by atoms with Crippen LogP contribution in [0.1, 0.15) is 11.1 Å². The SMILES string of the molecule is CN(C)C1Cc2ccc(Nc3ncc4c(=O)n(-c5ccccc5Cl)c5nccn5c4n3)cc2C1. The third-order valence-corrected chi connectivity index (χ3v) is 6.77. The van der Waals surface area contributed by atoms with E-state index in [1.54, 1.807) is 35.1 Å². The first-order chi connectivity index (χ1) is 16.5. The van der Waals surface area contributed by atoms with E-state index < -0.39 is 0 Å². The number of benzene rings is 2. The van der Waals surface area contributed by atoms with Crippen molar-refractivity contribution >= 4 is 40.0 Å².